The van der Waals surface area contributed by atoms with Crippen molar-refractivity contribution in [1.82, 2.24) is 15.1 Å². The Morgan fingerprint density at radius 2 is 2.36 bits per heavy atom. The Morgan fingerprint density at radius 3 is 2.91 bits per heavy atom. The van der Waals surface area contributed by atoms with Crippen molar-refractivity contribution in [2.75, 3.05) is 7.05 Å². The molecule has 9 heteroatoms. The lowest BCUT2D eigenvalue weighted by atomic mass is 10.1. The molecule has 1 atom stereocenters. The number of nitro groups is 1. The lowest BCUT2D eigenvalue weighted by Gasteiger charge is -2.23. The van der Waals surface area contributed by atoms with E-state index in [0.29, 0.717) is 12.8 Å². The van der Waals surface area contributed by atoms with Crippen LogP contribution in [0.4, 0.5) is 5.82 Å². The first-order valence-electron chi connectivity index (χ1n) is 6.59. The molecule has 2 aromatic rings. The van der Waals surface area contributed by atoms with Crippen LogP contribution in [0.5, 0.6) is 0 Å². The summed E-state index contributed by atoms with van der Waals surface area (Å²) in [4.78, 5) is 24.0. The predicted octanol–water partition coefficient (Wildman–Crippen LogP) is 2.77. The van der Waals surface area contributed by atoms with Gasteiger partial charge in [0.1, 0.15) is 10.2 Å². The van der Waals surface area contributed by atoms with Crippen molar-refractivity contribution in [2.24, 2.45) is 0 Å². The maximum absolute atomic E-state index is 12.4. The van der Waals surface area contributed by atoms with Gasteiger partial charge < -0.3 is 19.4 Å². The van der Waals surface area contributed by atoms with Crippen molar-refractivity contribution in [3.63, 3.8) is 0 Å². The summed E-state index contributed by atoms with van der Waals surface area (Å²) >= 11 is 3.04. The van der Waals surface area contributed by atoms with E-state index in [-0.39, 0.29) is 27.9 Å². The summed E-state index contributed by atoms with van der Waals surface area (Å²) in [5.74, 6) is 0.132. The molecule has 0 saturated heterocycles. The predicted molar refractivity (Wildman–Crippen MR) is 81.5 cm³/mol. The SMILES string of the molecule is CC(CCc1ccco1)N(C)C(=O)c1n[nH]c([N+](=O)[O-])c1Br. The Labute approximate surface area is 134 Å². The van der Waals surface area contributed by atoms with Crippen molar-refractivity contribution >= 4 is 27.7 Å². The highest BCUT2D eigenvalue weighted by Crippen LogP contribution is 2.26. The number of carbonyl (C=O) groups is 1. The van der Waals surface area contributed by atoms with Crippen LogP contribution in [0.3, 0.4) is 0 Å². The molecule has 0 saturated carbocycles. The highest BCUT2D eigenvalue weighted by molar-refractivity contribution is 9.10. The zero-order valence-corrected chi connectivity index (χ0v) is 13.7. The molecular weight excluding hydrogens is 356 g/mol. The monoisotopic (exact) mass is 370 g/mol. The molecule has 0 radical (unpaired) electrons. The summed E-state index contributed by atoms with van der Waals surface area (Å²) in [5, 5.41) is 16.7. The van der Waals surface area contributed by atoms with Gasteiger partial charge in [0.2, 0.25) is 0 Å². The summed E-state index contributed by atoms with van der Waals surface area (Å²) in [6, 6.07) is 3.62. The smallest absolute Gasteiger partial charge is 0.357 e. The molecule has 1 unspecified atom stereocenters. The zero-order valence-electron chi connectivity index (χ0n) is 12.1. The van der Waals surface area contributed by atoms with Crippen LogP contribution in [-0.4, -0.2) is 39.0 Å². The molecule has 2 rings (SSSR count). The maximum Gasteiger partial charge on any atom is 0.357 e. The third-order valence-corrected chi connectivity index (χ3v) is 4.20. The first kappa shape index (κ1) is 16.2. The normalized spacial score (nSPS) is 12.1. The minimum absolute atomic E-state index is 0.000881. The zero-order chi connectivity index (χ0) is 16.3. The van der Waals surface area contributed by atoms with Gasteiger partial charge in [-0.15, -0.1) is 5.10 Å². The molecule has 0 aliphatic heterocycles. The second kappa shape index (κ2) is 6.73. The van der Waals surface area contributed by atoms with E-state index in [2.05, 4.69) is 26.1 Å². The number of H-pyrrole nitrogens is 1. The first-order valence-corrected chi connectivity index (χ1v) is 7.39. The number of hydrogen-bond donors (Lipinski definition) is 1. The number of aromatic amines is 1. The number of carbonyl (C=O) groups excluding carboxylic acids is 1. The molecule has 22 heavy (non-hydrogen) atoms. The van der Waals surface area contributed by atoms with Gasteiger partial charge in [0.05, 0.1) is 6.26 Å². The Balaban J connectivity index is 2.03. The number of nitrogens with zero attached hydrogens (tertiary/aromatic N) is 3. The summed E-state index contributed by atoms with van der Waals surface area (Å²) in [6.07, 6.45) is 3.02. The lowest BCUT2D eigenvalue weighted by molar-refractivity contribution is -0.390. The number of amides is 1. The fraction of sp³-hybridized carbons (Fsp3) is 0.385. The fourth-order valence-corrected chi connectivity index (χ4v) is 2.44. The minimum Gasteiger partial charge on any atom is -0.469 e. The Kier molecular flexibility index (Phi) is 4.96. The van der Waals surface area contributed by atoms with E-state index >= 15 is 0 Å². The summed E-state index contributed by atoms with van der Waals surface area (Å²) in [6.45, 7) is 1.90. The summed E-state index contributed by atoms with van der Waals surface area (Å²) in [7, 11) is 1.64. The van der Waals surface area contributed by atoms with Gasteiger partial charge in [-0.1, -0.05) is 5.10 Å². The second-order valence-corrected chi connectivity index (χ2v) is 5.67. The highest BCUT2D eigenvalue weighted by Gasteiger charge is 2.28. The van der Waals surface area contributed by atoms with E-state index in [9.17, 15) is 14.9 Å². The minimum atomic E-state index is -0.631. The largest absolute Gasteiger partial charge is 0.469 e. The van der Waals surface area contributed by atoms with Crippen LogP contribution in [0.2, 0.25) is 0 Å². The van der Waals surface area contributed by atoms with Crippen LogP contribution in [0.1, 0.15) is 29.6 Å². The van der Waals surface area contributed by atoms with Crippen molar-refractivity contribution in [2.45, 2.75) is 25.8 Å². The van der Waals surface area contributed by atoms with E-state index in [1.54, 1.807) is 13.3 Å². The fourth-order valence-electron chi connectivity index (χ4n) is 1.95. The van der Waals surface area contributed by atoms with Crippen molar-refractivity contribution in [1.29, 1.82) is 0 Å². The van der Waals surface area contributed by atoms with Gasteiger partial charge in [-0.3, -0.25) is 4.79 Å². The van der Waals surface area contributed by atoms with Gasteiger partial charge in [0.15, 0.2) is 5.69 Å². The summed E-state index contributed by atoms with van der Waals surface area (Å²) in [5.41, 5.74) is -0.000881. The van der Waals surface area contributed by atoms with Crippen molar-refractivity contribution in [3.05, 3.63) is 44.4 Å². The number of hydrogen-bond acceptors (Lipinski definition) is 5. The topological polar surface area (TPSA) is 105 Å². The maximum atomic E-state index is 12.4. The third kappa shape index (κ3) is 3.35. The third-order valence-electron chi connectivity index (χ3n) is 3.44. The van der Waals surface area contributed by atoms with E-state index in [4.69, 9.17) is 4.42 Å². The van der Waals surface area contributed by atoms with Gasteiger partial charge in [-0.2, -0.15) is 0 Å². The quantitative estimate of drug-likeness (QED) is 0.621. The van der Waals surface area contributed by atoms with Crippen molar-refractivity contribution in [3.8, 4) is 0 Å². The molecule has 0 bridgehead atoms. The molecule has 0 fully saturated rings. The number of aryl methyl sites for hydroxylation is 1. The van der Waals surface area contributed by atoms with Crippen LogP contribution in [0.15, 0.2) is 27.3 Å². The Morgan fingerprint density at radius 1 is 1.64 bits per heavy atom. The molecule has 1 amide bonds. The van der Waals surface area contributed by atoms with Gasteiger partial charge in [-0.05, 0) is 46.3 Å². The van der Waals surface area contributed by atoms with Crippen LogP contribution in [0, 0.1) is 10.1 Å². The molecule has 118 valence electrons. The van der Waals surface area contributed by atoms with Crippen LogP contribution < -0.4 is 0 Å². The Hall–Kier alpha value is -2.16. The number of furan rings is 1. The Bertz CT molecular complexity index is 668. The molecule has 2 aromatic heterocycles. The molecule has 0 spiro atoms. The van der Waals surface area contributed by atoms with Crippen LogP contribution >= 0.6 is 15.9 Å². The molecule has 1 N–H and O–H groups in total. The lowest BCUT2D eigenvalue weighted by Crippen LogP contribution is -2.35. The van der Waals surface area contributed by atoms with Gasteiger partial charge in [-0.25, -0.2) is 0 Å². The first-order chi connectivity index (χ1) is 10.4. The van der Waals surface area contributed by atoms with E-state index < -0.39 is 4.92 Å². The molecule has 0 aromatic carbocycles. The van der Waals surface area contributed by atoms with E-state index in [0.717, 1.165) is 5.76 Å². The van der Waals surface area contributed by atoms with E-state index in [1.807, 2.05) is 19.1 Å². The average Bonchev–Trinajstić information content (AvgIpc) is 3.12. The van der Waals surface area contributed by atoms with Crippen molar-refractivity contribution < 1.29 is 14.1 Å². The van der Waals surface area contributed by atoms with Crippen LogP contribution in [0.25, 0.3) is 0 Å². The molecular formula is C13H15BrN4O4. The molecule has 0 aliphatic rings. The highest BCUT2D eigenvalue weighted by atomic mass is 79.9. The second-order valence-electron chi connectivity index (χ2n) is 4.88. The molecule has 0 aliphatic carbocycles. The van der Waals surface area contributed by atoms with Gasteiger partial charge in [0, 0.05) is 19.5 Å². The number of rotatable bonds is 6. The van der Waals surface area contributed by atoms with E-state index in [1.165, 1.54) is 4.90 Å². The van der Waals surface area contributed by atoms with Gasteiger partial charge in [0.25, 0.3) is 5.91 Å². The number of aromatic nitrogens is 2. The number of halogens is 1. The molecule has 8 nitrogen and oxygen atoms in total. The number of nitrogens with one attached hydrogen (secondary N) is 1. The molecule has 2 heterocycles. The van der Waals surface area contributed by atoms with Gasteiger partial charge >= 0.3 is 5.82 Å². The summed E-state index contributed by atoms with van der Waals surface area (Å²) < 4.78 is 5.32. The van der Waals surface area contributed by atoms with Crippen LogP contribution in [-0.2, 0) is 6.42 Å². The standard InChI is InChI=1S/C13H15BrN4O4/c1-8(5-6-9-4-3-7-22-9)17(2)13(19)11-10(14)12(16-15-11)18(20)21/h3-4,7-8H,5-6H2,1-2H3,(H,15,16). The average molecular weight is 371 g/mol.